The largest absolute Gasteiger partial charge is 0.393 e. The number of aliphatic hydroxyl groups is 1. The van der Waals surface area contributed by atoms with Crippen LogP contribution in [0.1, 0.15) is 28.9 Å². The maximum Gasteiger partial charge on any atom is 0.0628 e. The Bertz CT molecular complexity index is 617. The third kappa shape index (κ3) is 3.79. The van der Waals surface area contributed by atoms with Gasteiger partial charge in [-0.3, -0.25) is 4.68 Å². The number of aromatic nitrogens is 2. The average molecular weight is 327 g/mol. The molecule has 0 saturated carbocycles. The summed E-state index contributed by atoms with van der Waals surface area (Å²) in [4.78, 5) is 0. The van der Waals surface area contributed by atoms with Crippen LogP contribution >= 0.6 is 23.2 Å². The van der Waals surface area contributed by atoms with E-state index in [0.717, 1.165) is 23.4 Å². The van der Waals surface area contributed by atoms with Crippen LogP contribution in [0.4, 0.5) is 0 Å². The van der Waals surface area contributed by atoms with Crippen LogP contribution in [-0.2, 0) is 19.9 Å². The molecule has 0 saturated heterocycles. The zero-order valence-corrected chi connectivity index (χ0v) is 14.0. The Balaban J connectivity index is 2.01. The molecule has 0 aliphatic heterocycles. The molecule has 1 N–H and O–H groups in total. The first-order valence-corrected chi connectivity index (χ1v) is 7.75. The summed E-state index contributed by atoms with van der Waals surface area (Å²) in [6.07, 6.45) is 1.46. The predicted molar refractivity (Wildman–Crippen MR) is 87.2 cm³/mol. The fourth-order valence-electron chi connectivity index (χ4n) is 2.56. The zero-order valence-electron chi connectivity index (χ0n) is 12.5. The molecule has 1 aromatic heterocycles. The number of nitrogens with zero attached hydrogens (tertiary/aromatic N) is 2. The van der Waals surface area contributed by atoms with Gasteiger partial charge in [-0.1, -0.05) is 29.3 Å². The molecule has 2 rings (SSSR count). The number of aliphatic hydroxyl groups excluding tert-OH is 1. The van der Waals surface area contributed by atoms with Gasteiger partial charge >= 0.3 is 0 Å². The van der Waals surface area contributed by atoms with Crippen molar-refractivity contribution in [1.29, 1.82) is 0 Å². The molecule has 0 amide bonds. The van der Waals surface area contributed by atoms with Crippen LogP contribution in [0.2, 0.25) is 10.0 Å². The third-order valence-electron chi connectivity index (χ3n) is 3.89. The van der Waals surface area contributed by atoms with Crippen molar-refractivity contribution in [3.8, 4) is 0 Å². The Labute approximate surface area is 135 Å². The van der Waals surface area contributed by atoms with E-state index in [0.29, 0.717) is 22.9 Å². The molecule has 21 heavy (non-hydrogen) atoms. The third-order valence-corrected chi connectivity index (χ3v) is 4.60. The summed E-state index contributed by atoms with van der Waals surface area (Å²) in [6, 6.07) is 5.40. The van der Waals surface area contributed by atoms with Crippen LogP contribution in [0.15, 0.2) is 18.2 Å². The van der Waals surface area contributed by atoms with Gasteiger partial charge in [-0.25, -0.2) is 0 Å². The highest BCUT2D eigenvalue weighted by Crippen LogP contribution is 2.26. The Morgan fingerprint density at radius 3 is 2.33 bits per heavy atom. The molecule has 2 aromatic rings. The van der Waals surface area contributed by atoms with Gasteiger partial charge in [0.25, 0.3) is 0 Å². The molecule has 0 aliphatic rings. The van der Waals surface area contributed by atoms with Crippen molar-refractivity contribution in [1.82, 2.24) is 9.78 Å². The highest BCUT2D eigenvalue weighted by atomic mass is 35.5. The first kappa shape index (κ1) is 16.3. The lowest BCUT2D eigenvalue weighted by molar-refractivity contribution is 0.165. The SMILES string of the molecule is Cc1nn(C)c(C)c1CCC(O)Cc1c(Cl)cccc1Cl. The van der Waals surface area contributed by atoms with Crippen LogP contribution in [0.5, 0.6) is 0 Å². The highest BCUT2D eigenvalue weighted by molar-refractivity contribution is 6.35. The van der Waals surface area contributed by atoms with Gasteiger partial charge in [-0.05, 0) is 49.9 Å². The topological polar surface area (TPSA) is 38.0 Å². The lowest BCUT2D eigenvalue weighted by Gasteiger charge is -2.13. The van der Waals surface area contributed by atoms with Crippen molar-refractivity contribution in [2.45, 2.75) is 39.2 Å². The number of hydrogen-bond donors (Lipinski definition) is 1. The Kier molecular flexibility index (Phi) is 5.31. The van der Waals surface area contributed by atoms with Crippen molar-refractivity contribution in [2.75, 3.05) is 0 Å². The van der Waals surface area contributed by atoms with Gasteiger partial charge in [0.2, 0.25) is 0 Å². The molecule has 0 spiro atoms. The number of hydrogen-bond acceptors (Lipinski definition) is 2. The molecular formula is C16H20Cl2N2O. The van der Waals surface area contributed by atoms with E-state index in [1.165, 1.54) is 5.56 Å². The predicted octanol–water partition coefficient (Wildman–Crippen LogP) is 3.88. The van der Waals surface area contributed by atoms with Gasteiger partial charge < -0.3 is 5.11 Å². The van der Waals surface area contributed by atoms with Crippen LogP contribution < -0.4 is 0 Å². The molecule has 1 unspecified atom stereocenters. The smallest absolute Gasteiger partial charge is 0.0628 e. The molecule has 3 nitrogen and oxygen atoms in total. The number of rotatable bonds is 5. The van der Waals surface area contributed by atoms with Gasteiger partial charge in [-0.15, -0.1) is 0 Å². The summed E-state index contributed by atoms with van der Waals surface area (Å²) in [6.45, 7) is 4.05. The summed E-state index contributed by atoms with van der Waals surface area (Å²) in [5.41, 5.74) is 4.20. The first-order chi connectivity index (χ1) is 9.90. The van der Waals surface area contributed by atoms with Crippen LogP contribution in [-0.4, -0.2) is 21.0 Å². The van der Waals surface area contributed by atoms with E-state index < -0.39 is 6.10 Å². The molecular weight excluding hydrogens is 307 g/mol. The van der Waals surface area contributed by atoms with Crippen LogP contribution in [0.3, 0.4) is 0 Å². The number of halogens is 2. The second-order valence-corrected chi connectivity index (χ2v) is 6.18. The minimum atomic E-state index is -0.471. The van der Waals surface area contributed by atoms with Gasteiger partial charge in [0, 0.05) is 29.2 Å². The molecule has 0 aliphatic carbocycles. The molecule has 0 fully saturated rings. The minimum absolute atomic E-state index is 0.469. The second kappa shape index (κ2) is 6.82. The maximum absolute atomic E-state index is 10.3. The second-order valence-electron chi connectivity index (χ2n) is 5.37. The summed E-state index contributed by atoms with van der Waals surface area (Å²) >= 11 is 12.3. The quantitative estimate of drug-likeness (QED) is 0.905. The first-order valence-electron chi connectivity index (χ1n) is 7.00. The molecule has 5 heteroatoms. The van der Waals surface area contributed by atoms with Gasteiger partial charge in [-0.2, -0.15) is 5.10 Å². The lowest BCUT2D eigenvalue weighted by atomic mass is 10.0. The van der Waals surface area contributed by atoms with E-state index in [9.17, 15) is 5.11 Å². The molecule has 1 aromatic carbocycles. The molecule has 1 heterocycles. The maximum atomic E-state index is 10.3. The standard InChI is InChI=1S/C16H20Cl2N2O/c1-10-13(11(2)20(3)19-10)8-7-12(21)9-14-15(17)5-4-6-16(14)18/h4-6,12,21H,7-9H2,1-3H3. The average Bonchev–Trinajstić information content (AvgIpc) is 2.66. The van der Waals surface area contributed by atoms with Crippen molar-refractivity contribution in [3.05, 3.63) is 50.8 Å². The van der Waals surface area contributed by atoms with Crippen molar-refractivity contribution < 1.29 is 5.11 Å². The van der Waals surface area contributed by atoms with E-state index in [-0.39, 0.29) is 0 Å². The summed E-state index contributed by atoms with van der Waals surface area (Å²) in [5.74, 6) is 0. The molecule has 1 atom stereocenters. The monoisotopic (exact) mass is 326 g/mol. The highest BCUT2D eigenvalue weighted by Gasteiger charge is 2.15. The minimum Gasteiger partial charge on any atom is -0.393 e. The molecule has 0 bridgehead atoms. The Hall–Kier alpha value is -1.03. The summed E-state index contributed by atoms with van der Waals surface area (Å²) in [5, 5.41) is 15.9. The van der Waals surface area contributed by atoms with E-state index in [1.807, 2.05) is 31.6 Å². The van der Waals surface area contributed by atoms with Crippen LogP contribution in [0, 0.1) is 13.8 Å². The Morgan fingerprint density at radius 2 is 1.81 bits per heavy atom. The zero-order chi connectivity index (χ0) is 15.6. The lowest BCUT2D eigenvalue weighted by Crippen LogP contribution is -2.13. The summed E-state index contributed by atoms with van der Waals surface area (Å²) in [7, 11) is 1.94. The normalized spacial score (nSPS) is 12.7. The van der Waals surface area contributed by atoms with Crippen molar-refractivity contribution >= 4 is 23.2 Å². The number of aryl methyl sites for hydroxylation is 2. The van der Waals surface area contributed by atoms with Gasteiger partial charge in [0.05, 0.1) is 11.8 Å². The van der Waals surface area contributed by atoms with E-state index in [4.69, 9.17) is 23.2 Å². The summed E-state index contributed by atoms with van der Waals surface area (Å²) < 4.78 is 1.88. The Morgan fingerprint density at radius 1 is 1.19 bits per heavy atom. The molecule has 114 valence electrons. The molecule has 0 radical (unpaired) electrons. The fraction of sp³-hybridized carbons (Fsp3) is 0.438. The van der Waals surface area contributed by atoms with Gasteiger partial charge in [0.15, 0.2) is 0 Å². The van der Waals surface area contributed by atoms with E-state index in [2.05, 4.69) is 5.10 Å². The number of benzene rings is 1. The van der Waals surface area contributed by atoms with Gasteiger partial charge in [0.1, 0.15) is 0 Å². The fourth-order valence-corrected chi connectivity index (χ4v) is 3.11. The van der Waals surface area contributed by atoms with E-state index >= 15 is 0 Å². The van der Waals surface area contributed by atoms with E-state index in [1.54, 1.807) is 12.1 Å². The van der Waals surface area contributed by atoms with Crippen molar-refractivity contribution in [2.24, 2.45) is 7.05 Å². The van der Waals surface area contributed by atoms with Crippen molar-refractivity contribution in [3.63, 3.8) is 0 Å². The van der Waals surface area contributed by atoms with Crippen LogP contribution in [0.25, 0.3) is 0 Å².